The van der Waals surface area contributed by atoms with E-state index in [1.165, 1.54) is 6.33 Å². The highest BCUT2D eigenvalue weighted by molar-refractivity contribution is 4.88. The van der Waals surface area contributed by atoms with Crippen molar-refractivity contribution >= 4 is 0 Å². The standard InChI is InChI=1S/C8H15N3O/c1-6(2)11-8(4-7(3)12)9-5-10-11/h5-7,12H,4H2,1-3H3. The molecule has 4 nitrogen and oxygen atoms in total. The van der Waals surface area contributed by atoms with Gasteiger partial charge in [-0.2, -0.15) is 5.10 Å². The molecule has 0 saturated heterocycles. The van der Waals surface area contributed by atoms with Gasteiger partial charge in [0.1, 0.15) is 12.2 Å². The Morgan fingerprint density at radius 1 is 1.50 bits per heavy atom. The number of aliphatic hydroxyl groups is 1. The molecule has 68 valence electrons. The summed E-state index contributed by atoms with van der Waals surface area (Å²) in [5.74, 6) is 0.847. The van der Waals surface area contributed by atoms with Gasteiger partial charge in [0.15, 0.2) is 0 Å². The molecule has 4 heteroatoms. The molecule has 0 bridgehead atoms. The fraction of sp³-hybridized carbons (Fsp3) is 0.750. The highest BCUT2D eigenvalue weighted by Crippen LogP contribution is 2.06. The van der Waals surface area contributed by atoms with Crippen molar-refractivity contribution < 1.29 is 5.11 Å². The first-order chi connectivity index (χ1) is 5.61. The highest BCUT2D eigenvalue weighted by Gasteiger charge is 2.09. The van der Waals surface area contributed by atoms with Crippen LogP contribution in [-0.2, 0) is 6.42 Å². The maximum Gasteiger partial charge on any atom is 0.138 e. The van der Waals surface area contributed by atoms with Gasteiger partial charge in [-0.15, -0.1) is 0 Å². The van der Waals surface area contributed by atoms with Gasteiger partial charge in [-0.3, -0.25) is 0 Å². The Balaban J connectivity index is 2.77. The molecule has 1 rings (SSSR count). The van der Waals surface area contributed by atoms with Crippen molar-refractivity contribution in [1.82, 2.24) is 14.8 Å². The van der Waals surface area contributed by atoms with Crippen LogP contribution in [0.15, 0.2) is 6.33 Å². The van der Waals surface area contributed by atoms with Crippen molar-refractivity contribution in [3.63, 3.8) is 0 Å². The lowest BCUT2D eigenvalue weighted by Crippen LogP contribution is -2.13. The first-order valence-corrected chi connectivity index (χ1v) is 4.17. The zero-order valence-electron chi connectivity index (χ0n) is 7.73. The molecule has 1 heterocycles. The average molecular weight is 169 g/mol. The number of aromatic nitrogens is 3. The Bertz CT molecular complexity index is 242. The molecular formula is C8H15N3O. The van der Waals surface area contributed by atoms with E-state index in [1.807, 2.05) is 18.5 Å². The Hall–Kier alpha value is -0.900. The summed E-state index contributed by atoms with van der Waals surface area (Å²) in [5.41, 5.74) is 0. The molecule has 0 fully saturated rings. The topological polar surface area (TPSA) is 50.9 Å². The second kappa shape index (κ2) is 3.67. The van der Waals surface area contributed by atoms with Crippen LogP contribution < -0.4 is 0 Å². The lowest BCUT2D eigenvalue weighted by Gasteiger charge is -2.09. The van der Waals surface area contributed by atoms with Crippen molar-refractivity contribution in [3.05, 3.63) is 12.2 Å². The fourth-order valence-corrected chi connectivity index (χ4v) is 1.12. The Morgan fingerprint density at radius 3 is 2.67 bits per heavy atom. The maximum atomic E-state index is 9.15. The summed E-state index contributed by atoms with van der Waals surface area (Å²) >= 11 is 0. The van der Waals surface area contributed by atoms with Crippen molar-refractivity contribution in [1.29, 1.82) is 0 Å². The smallest absolute Gasteiger partial charge is 0.138 e. The van der Waals surface area contributed by atoms with Gasteiger partial charge in [-0.1, -0.05) is 0 Å². The molecule has 0 aliphatic heterocycles. The van der Waals surface area contributed by atoms with Gasteiger partial charge in [0, 0.05) is 12.5 Å². The summed E-state index contributed by atoms with van der Waals surface area (Å²) in [4.78, 5) is 4.07. The quantitative estimate of drug-likeness (QED) is 0.727. The molecule has 0 aliphatic rings. The Kier molecular flexibility index (Phi) is 2.81. The van der Waals surface area contributed by atoms with Crippen LogP contribution >= 0.6 is 0 Å². The average Bonchev–Trinajstić information content (AvgIpc) is 2.33. The predicted molar refractivity (Wildman–Crippen MR) is 45.8 cm³/mol. The van der Waals surface area contributed by atoms with Gasteiger partial charge in [0.2, 0.25) is 0 Å². The molecule has 1 N–H and O–H groups in total. The van der Waals surface area contributed by atoms with Crippen LogP contribution in [0, 0.1) is 0 Å². The number of hydrogen-bond acceptors (Lipinski definition) is 3. The lowest BCUT2D eigenvalue weighted by atomic mass is 10.2. The highest BCUT2D eigenvalue weighted by atomic mass is 16.3. The molecule has 1 unspecified atom stereocenters. The van der Waals surface area contributed by atoms with E-state index in [1.54, 1.807) is 6.92 Å². The van der Waals surface area contributed by atoms with Gasteiger partial charge in [0.05, 0.1) is 6.10 Å². The van der Waals surface area contributed by atoms with Gasteiger partial charge in [-0.05, 0) is 20.8 Å². The normalized spacial score (nSPS) is 13.8. The maximum absolute atomic E-state index is 9.15. The van der Waals surface area contributed by atoms with Gasteiger partial charge < -0.3 is 5.11 Å². The fourth-order valence-electron chi connectivity index (χ4n) is 1.12. The molecule has 1 atom stereocenters. The lowest BCUT2D eigenvalue weighted by molar-refractivity contribution is 0.190. The molecule has 0 radical (unpaired) electrons. The second-order valence-corrected chi connectivity index (χ2v) is 3.27. The SMILES string of the molecule is CC(O)Cc1ncnn1C(C)C. The zero-order chi connectivity index (χ0) is 9.14. The van der Waals surface area contributed by atoms with E-state index in [9.17, 15) is 0 Å². The first kappa shape index (κ1) is 9.19. The van der Waals surface area contributed by atoms with E-state index >= 15 is 0 Å². The minimum atomic E-state index is -0.355. The first-order valence-electron chi connectivity index (χ1n) is 4.17. The summed E-state index contributed by atoms with van der Waals surface area (Å²) < 4.78 is 1.83. The summed E-state index contributed by atoms with van der Waals surface area (Å²) in [5, 5.41) is 13.2. The Labute approximate surface area is 72.2 Å². The summed E-state index contributed by atoms with van der Waals surface area (Å²) in [6.07, 6.45) is 1.74. The molecule has 1 aromatic heterocycles. The van der Waals surface area contributed by atoms with Crippen LogP contribution in [0.2, 0.25) is 0 Å². The third kappa shape index (κ3) is 2.04. The molecule has 0 amide bonds. The summed E-state index contributed by atoms with van der Waals surface area (Å²) in [6, 6.07) is 0.307. The van der Waals surface area contributed by atoms with Crippen molar-refractivity contribution in [3.8, 4) is 0 Å². The molecular weight excluding hydrogens is 154 g/mol. The molecule has 0 saturated carbocycles. The van der Waals surface area contributed by atoms with E-state index < -0.39 is 0 Å². The van der Waals surface area contributed by atoms with E-state index in [2.05, 4.69) is 10.1 Å². The molecule has 12 heavy (non-hydrogen) atoms. The minimum absolute atomic E-state index is 0.307. The second-order valence-electron chi connectivity index (χ2n) is 3.27. The van der Waals surface area contributed by atoms with Crippen LogP contribution in [0.1, 0.15) is 32.6 Å². The molecule has 0 aromatic carbocycles. The van der Waals surface area contributed by atoms with Crippen molar-refractivity contribution in [2.75, 3.05) is 0 Å². The third-order valence-electron chi connectivity index (χ3n) is 1.61. The van der Waals surface area contributed by atoms with Crippen molar-refractivity contribution in [2.24, 2.45) is 0 Å². The summed E-state index contributed by atoms with van der Waals surface area (Å²) in [7, 11) is 0. The molecule has 1 aromatic rings. The van der Waals surface area contributed by atoms with Crippen LogP contribution in [-0.4, -0.2) is 26.0 Å². The van der Waals surface area contributed by atoms with Crippen molar-refractivity contribution in [2.45, 2.75) is 39.3 Å². The Morgan fingerprint density at radius 2 is 2.17 bits per heavy atom. The van der Waals surface area contributed by atoms with Gasteiger partial charge in [0.25, 0.3) is 0 Å². The van der Waals surface area contributed by atoms with E-state index in [0.29, 0.717) is 12.5 Å². The van der Waals surface area contributed by atoms with E-state index in [0.717, 1.165) is 5.82 Å². The third-order valence-corrected chi connectivity index (χ3v) is 1.61. The zero-order valence-corrected chi connectivity index (χ0v) is 7.73. The van der Waals surface area contributed by atoms with Crippen LogP contribution in [0.3, 0.4) is 0 Å². The number of rotatable bonds is 3. The van der Waals surface area contributed by atoms with Gasteiger partial charge >= 0.3 is 0 Å². The number of nitrogens with zero attached hydrogens (tertiary/aromatic N) is 3. The minimum Gasteiger partial charge on any atom is -0.393 e. The largest absolute Gasteiger partial charge is 0.393 e. The van der Waals surface area contributed by atoms with E-state index in [4.69, 9.17) is 5.11 Å². The molecule has 0 spiro atoms. The van der Waals surface area contributed by atoms with Crippen LogP contribution in [0.5, 0.6) is 0 Å². The predicted octanol–water partition coefficient (Wildman–Crippen LogP) is 0.782. The summed E-state index contributed by atoms with van der Waals surface area (Å²) in [6.45, 7) is 5.83. The number of aliphatic hydroxyl groups excluding tert-OH is 1. The van der Waals surface area contributed by atoms with Gasteiger partial charge in [-0.25, -0.2) is 9.67 Å². The number of hydrogen-bond donors (Lipinski definition) is 1. The van der Waals surface area contributed by atoms with Crippen LogP contribution in [0.4, 0.5) is 0 Å². The molecule has 0 aliphatic carbocycles. The van der Waals surface area contributed by atoms with E-state index in [-0.39, 0.29) is 6.10 Å². The van der Waals surface area contributed by atoms with Crippen LogP contribution in [0.25, 0.3) is 0 Å². The monoisotopic (exact) mass is 169 g/mol.